The Hall–Kier alpha value is -3.42. The first kappa shape index (κ1) is 21.8. The van der Waals surface area contributed by atoms with Crippen LogP contribution >= 0.6 is 0 Å². The first-order valence-electron chi connectivity index (χ1n) is 11.1. The van der Waals surface area contributed by atoms with Crippen molar-refractivity contribution in [3.8, 4) is 11.5 Å². The normalized spacial score (nSPS) is 16.4. The van der Waals surface area contributed by atoms with Gasteiger partial charge in [0.25, 0.3) is 0 Å². The Morgan fingerprint density at radius 1 is 1.19 bits per heavy atom. The van der Waals surface area contributed by atoms with Crippen LogP contribution in [-0.2, 0) is 6.42 Å². The average Bonchev–Trinajstić information content (AvgIpc) is 3.45. The molecule has 1 unspecified atom stereocenters. The maximum Gasteiger partial charge on any atom is 0.191 e. The van der Waals surface area contributed by atoms with Gasteiger partial charge < -0.3 is 30.0 Å². The summed E-state index contributed by atoms with van der Waals surface area (Å²) in [5.74, 6) is 3.41. The van der Waals surface area contributed by atoms with Crippen molar-refractivity contribution in [3.63, 3.8) is 0 Å². The minimum Gasteiger partial charge on any atom is -0.497 e. The highest BCUT2D eigenvalue weighted by Crippen LogP contribution is 2.30. The zero-order valence-electron chi connectivity index (χ0n) is 19.0. The van der Waals surface area contributed by atoms with E-state index in [9.17, 15) is 0 Å². The Kier molecular flexibility index (Phi) is 6.99. The molecule has 2 heterocycles. The van der Waals surface area contributed by atoms with E-state index >= 15 is 0 Å². The topological polar surface area (TPSA) is 86.8 Å². The number of H-pyrrole nitrogens is 1. The summed E-state index contributed by atoms with van der Waals surface area (Å²) in [7, 11) is 3.36. The predicted octanol–water partition coefficient (Wildman–Crippen LogP) is 2.96. The Balaban J connectivity index is 1.35. The molecule has 1 fully saturated rings. The molecule has 170 valence electrons. The summed E-state index contributed by atoms with van der Waals surface area (Å²) in [5.41, 5.74) is 3.17. The van der Waals surface area contributed by atoms with Gasteiger partial charge in [0, 0.05) is 62.5 Å². The summed E-state index contributed by atoms with van der Waals surface area (Å²) in [6.07, 6.45) is 1.80. The van der Waals surface area contributed by atoms with Crippen molar-refractivity contribution in [3.05, 3.63) is 48.3 Å². The molecule has 0 spiro atoms. The molecule has 8 heteroatoms. The van der Waals surface area contributed by atoms with E-state index in [1.807, 2.05) is 30.3 Å². The number of hydrogen-bond donors (Lipinski definition) is 3. The summed E-state index contributed by atoms with van der Waals surface area (Å²) in [4.78, 5) is 15.1. The van der Waals surface area contributed by atoms with Gasteiger partial charge in [-0.25, -0.2) is 4.98 Å². The number of imidazole rings is 1. The second-order valence-electron chi connectivity index (χ2n) is 7.86. The predicted molar refractivity (Wildman–Crippen MR) is 129 cm³/mol. The van der Waals surface area contributed by atoms with Gasteiger partial charge in [-0.05, 0) is 25.5 Å². The van der Waals surface area contributed by atoms with Crippen molar-refractivity contribution in [2.45, 2.75) is 25.8 Å². The van der Waals surface area contributed by atoms with Crippen LogP contribution in [-0.4, -0.2) is 62.4 Å². The number of methoxy groups -OCH3 is 2. The van der Waals surface area contributed by atoms with Crippen LogP contribution in [0.15, 0.2) is 47.5 Å². The van der Waals surface area contributed by atoms with Gasteiger partial charge in [0.1, 0.15) is 17.3 Å². The third-order valence-electron chi connectivity index (χ3n) is 5.63. The Morgan fingerprint density at radius 3 is 2.69 bits per heavy atom. The largest absolute Gasteiger partial charge is 0.497 e. The molecule has 0 radical (unpaired) electrons. The molecular weight excluding hydrogens is 404 g/mol. The number of nitrogens with zero attached hydrogens (tertiary/aromatic N) is 3. The van der Waals surface area contributed by atoms with E-state index in [1.165, 1.54) is 0 Å². The van der Waals surface area contributed by atoms with Crippen LogP contribution in [0.25, 0.3) is 11.0 Å². The van der Waals surface area contributed by atoms with Crippen LogP contribution in [0.5, 0.6) is 11.5 Å². The maximum atomic E-state index is 5.42. The summed E-state index contributed by atoms with van der Waals surface area (Å²) in [5, 5.41) is 6.95. The number of hydrogen-bond acceptors (Lipinski definition) is 5. The second-order valence-corrected chi connectivity index (χ2v) is 7.86. The lowest BCUT2D eigenvalue weighted by atomic mass is 10.2. The number of guanidine groups is 1. The van der Waals surface area contributed by atoms with Gasteiger partial charge >= 0.3 is 0 Å². The Morgan fingerprint density at radius 2 is 1.97 bits per heavy atom. The molecule has 0 amide bonds. The molecule has 3 aromatic rings. The van der Waals surface area contributed by atoms with E-state index in [0.717, 1.165) is 72.5 Å². The van der Waals surface area contributed by atoms with E-state index in [1.54, 1.807) is 14.2 Å². The van der Waals surface area contributed by atoms with Crippen molar-refractivity contribution < 1.29 is 9.47 Å². The number of aliphatic imine (C=N–C) groups is 1. The van der Waals surface area contributed by atoms with Crippen molar-refractivity contribution in [1.82, 2.24) is 20.6 Å². The Bertz CT molecular complexity index is 1010. The first-order valence-corrected chi connectivity index (χ1v) is 11.1. The zero-order valence-corrected chi connectivity index (χ0v) is 19.0. The molecule has 0 bridgehead atoms. The van der Waals surface area contributed by atoms with Crippen LogP contribution in [0.2, 0.25) is 0 Å². The molecule has 0 saturated carbocycles. The van der Waals surface area contributed by atoms with Crippen molar-refractivity contribution in [2.75, 3.05) is 45.3 Å². The van der Waals surface area contributed by atoms with E-state index in [0.29, 0.717) is 12.6 Å². The van der Waals surface area contributed by atoms with Crippen molar-refractivity contribution in [2.24, 2.45) is 4.99 Å². The van der Waals surface area contributed by atoms with Crippen LogP contribution in [0.3, 0.4) is 0 Å². The van der Waals surface area contributed by atoms with Crippen LogP contribution in [0, 0.1) is 0 Å². The third-order valence-corrected chi connectivity index (χ3v) is 5.63. The lowest BCUT2D eigenvalue weighted by molar-refractivity contribution is 0.394. The molecule has 8 nitrogen and oxygen atoms in total. The van der Waals surface area contributed by atoms with Crippen LogP contribution in [0.4, 0.5) is 5.69 Å². The summed E-state index contributed by atoms with van der Waals surface area (Å²) < 4.78 is 10.8. The number of benzene rings is 2. The number of fused-ring (bicyclic) bond motifs is 1. The van der Waals surface area contributed by atoms with Crippen molar-refractivity contribution in [1.29, 1.82) is 0 Å². The maximum absolute atomic E-state index is 5.42. The Labute approximate surface area is 189 Å². The molecule has 1 aliphatic rings. The minimum atomic E-state index is 0.316. The number of nitrogens with one attached hydrogen (secondary N) is 3. The molecule has 1 aliphatic heterocycles. The first-order chi connectivity index (χ1) is 15.7. The van der Waals surface area contributed by atoms with Crippen molar-refractivity contribution >= 4 is 22.7 Å². The van der Waals surface area contributed by atoms with Crippen LogP contribution < -0.4 is 25.0 Å². The fraction of sp³-hybridized carbons (Fsp3) is 0.417. The zero-order chi connectivity index (χ0) is 22.3. The van der Waals surface area contributed by atoms with Gasteiger partial charge in [0.05, 0.1) is 25.3 Å². The quantitative estimate of drug-likeness (QED) is 0.372. The van der Waals surface area contributed by atoms with E-state index in [2.05, 4.69) is 44.6 Å². The molecule has 1 atom stereocenters. The SMILES string of the molecule is CCNC(=NCCc1nc2ccccc2[nH]1)NC1CCN(c2cc(OC)cc(OC)c2)C1. The molecule has 2 aromatic carbocycles. The number of rotatable bonds is 8. The molecule has 32 heavy (non-hydrogen) atoms. The van der Waals surface area contributed by atoms with E-state index in [-0.39, 0.29) is 0 Å². The lowest BCUT2D eigenvalue weighted by Crippen LogP contribution is -2.44. The van der Waals surface area contributed by atoms with E-state index < -0.39 is 0 Å². The van der Waals surface area contributed by atoms with Gasteiger partial charge in [0.2, 0.25) is 0 Å². The minimum absolute atomic E-state index is 0.316. The molecule has 1 saturated heterocycles. The van der Waals surface area contributed by atoms with Gasteiger partial charge in [-0.3, -0.25) is 4.99 Å². The smallest absolute Gasteiger partial charge is 0.191 e. The molecular formula is C24H32N6O2. The van der Waals surface area contributed by atoms with Crippen LogP contribution in [0.1, 0.15) is 19.2 Å². The molecule has 0 aliphatic carbocycles. The number of para-hydroxylation sites is 2. The lowest BCUT2D eigenvalue weighted by Gasteiger charge is -2.21. The summed E-state index contributed by atoms with van der Waals surface area (Å²) in [6, 6.07) is 14.4. The second kappa shape index (κ2) is 10.3. The van der Waals surface area contributed by atoms with Gasteiger partial charge in [-0.2, -0.15) is 0 Å². The standard InChI is InChI=1S/C24H32N6O2/c1-4-25-24(26-11-9-23-28-21-7-5-6-8-22(21)29-23)27-17-10-12-30(16-17)18-13-19(31-2)15-20(14-18)32-3/h5-8,13-15,17H,4,9-12,16H2,1-3H3,(H,28,29)(H2,25,26,27). The van der Waals surface area contributed by atoms with Gasteiger partial charge in [-0.1, -0.05) is 12.1 Å². The fourth-order valence-corrected chi connectivity index (χ4v) is 4.00. The molecule has 1 aromatic heterocycles. The number of aromatic amines is 1. The fourth-order valence-electron chi connectivity index (χ4n) is 4.00. The molecule has 4 rings (SSSR count). The number of anilines is 1. The highest BCUT2D eigenvalue weighted by atomic mass is 16.5. The molecule has 3 N–H and O–H groups in total. The number of aromatic nitrogens is 2. The summed E-state index contributed by atoms with van der Waals surface area (Å²) >= 11 is 0. The third kappa shape index (κ3) is 5.25. The highest BCUT2D eigenvalue weighted by molar-refractivity contribution is 5.80. The monoisotopic (exact) mass is 436 g/mol. The van der Waals surface area contributed by atoms with Gasteiger partial charge in [-0.15, -0.1) is 0 Å². The average molecular weight is 437 g/mol. The van der Waals surface area contributed by atoms with Gasteiger partial charge in [0.15, 0.2) is 5.96 Å². The summed E-state index contributed by atoms with van der Waals surface area (Å²) in [6.45, 7) is 5.43. The highest BCUT2D eigenvalue weighted by Gasteiger charge is 2.24. The van der Waals surface area contributed by atoms with E-state index in [4.69, 9.17) is 14.5 Å². The number of ether oxygens (including phenoxy) is 2.